The van der Waals surface area contributed by atoms with E-state index in [1.165, 1.54) is 0 Å². The van der Waals surface area contributed by atoms with Crippen LogP contribution in [0.5, 0.6) is 0 Å². The lowest BCUT2D eigenvalue weighted by molar-refractivity contribution is 0.219. The standard InChI is InChI=1S/C15H13NOS/c17-15(12-6-2-1-3-7-12)14-9-5-4-8-13(14)10-16-11-18/h1-9,15,17H,10H2. The van der Waals surface area contributed by atoms with Crippen molar-refractivity contribution in [1.82, 2.24) is 0 Å². The molecule has 2 nitrogen and oxygen atoms in total. The van der Waals surface area contributed by atoms with Crippen LogP contribution in [0.3, 0.4) is 0 Å². The zero-order chi connectivity index (χ0) is 12.8. The third-order valence-electron chi connectivity index (χ3n) is 2.78. The summed E-state index contributed by atoms with van der Waals surface area (Å²) in [4.78, 5) is 3.93. The fourth-order valence-electron chi connectivity index (χ4n) is 1.88. The van der Waals surface area contributed by atoms with Gasteiger partial charge < -0.3 is 5.11 Å². The van der Waals surface area contributed by atoms with Gasteiger partial charge in [-0.05, 0) is 28.9 Å². The molecule has 0 saturated carbocycles. The van der Waals surface area contributed by atoms with Gasteiger partial charge in [-0.3, -0.25) is 0 Å². The molecule has 0 aliphatic carbocycles. The average Bonchev–Trinajstić information content (AvgIpc) is 2.45. The predicted octanol–water partition coefficient (Wildman–Crippen LogP) is 3.37. The van der Waals surface area contributed by atoms with Gasteiger partial charge in [0.05, 0.1) is 11.7 Å². The largest absolute Gasteiger partial charge is 0.384 e. The molecule has 0 aliphatic rings. The highest BCUT2D eigenvalue weighted by molar-refractivity contribution is 7.78. The van der Waals surface area contributed by atoms with Crippen molar-refractivity contribution in [2.45, 2.75) is 12.6 Å². The number of hydrogen-bond acceptors (Lipinski definition) is 3. The van der Waals surface area contributed by atoms with Crippen molar-refractivity contribution < 1.29 is 5.11 Å². The first-order valence-corrected chi connectivity index (χ1v) is 6.08. The van der Waals surface area contributed by atoms with Crippen molar-refractivity contribution in [3.63, 3.8) is 0 Å². The molecule has 0 bridgehead atoms. The third-order valence-corrected chi connectivity index (χ3v) is 2.91. The Bertz CT molecular complexity index is 562. The average molecular weight is 255 g/mol. The van der Waals surface area contributed by atoms with Gasteiger partial charge in [0.25, 0.3) is 0 Å². The van der Waals surface area contributed by atoms with Crippen molar-refractivity contribution in [2.24, 2.45) is 4.99 Å². The second kappa shape index (κ2) is 6.22. The summed E-state index contributed by atoms with van der Waals surface area (Å²) in [6.45, 7) is 0.448. The molecule has 1 N–H and O–H groups in total. The van der Waals surface area contributed by atoms with E-state index in [4.69, 9.17) is 0 Å². The second-order valence-electron chi connectivity index (χ2n) is 3.92. The van der Waals surface area contributed by atoms with Gasteiger partial charge in [0.2, 0.25) is 0 Å². The summed E-state index contributed by atoms with van der Waals surface area (Å²) in [6, 6.07) is 17.3. The maximum Gasteiger partial charge on any atom is 0.104 e. The molecule has 90 valence electrons. The Balaban J connectivity index is 2.35. The van der Waals surface area contributed by atoms with Crippen molar-refractivity contribution >= 4 is 17.4 Å². The van der Waals surface area contributed by atoms with Crippen LogP contribution in [0.4, 0.5) is 0 Å². The van der Waals surface area contributed by atoms with Crippen LogP contribution in [0.15, 0.2) is 59.6 Å². The Morgan fingerprint density at radius 1 is 1.06 bits per heavy atom. The van der Waals surface area contributed by atoms with Crippen LogP contribution in [-0.2, 0) is 6.54 Å². The van der Waals surface area contributed by atoms with E-state index < -0.39 is 6.10 Å². The summed E-state index contributed by atoms with van der Waals surface area (Å²) in [5, 5.41) is 12.7. The normalized spacial score (nSPS) is 11.6. The number of rotatable bonds is 4. The first-order chi connectivity index (χ1) is 8.83. The number of aliphatic hydroxyl groups is 1. The molecule has 0 heterocycles. The fraction of sp³-hybridized carbons (Fsp3) is 0.133. The zero-order valence-corrected chi connectivity index (χ0v) is 10.6. The highest BCUT2D eigenvalue weighted by Crippen LogP contribution is 2.25. The van der Waals surface area contributed by atoms with Crippen LogP contribution in [0, 0.1) is 0 Å². The van der Waals surface area contributed by atoms with Gasteiger partial charge in [0.1, 0.15) is 6.10 Å². The molecule has 0 fully saturated rings. The molecule has 2 rings (SSSR count). The van der Waals surface area contributed by atoms with Crippen molar-refractivity contribution in [2.75, 3.05) is 0 Å². The minimum atomic E-state index is -0.636. The molecule has 0 saturated heterocycles. The van der Waals surface area contributed by atoms with Gasteiger partial charge in [-0.25, -0.2) is 4.99 Å². The van der Waals surface area contributed by atoms with E-state index in [1.807, 2.05) is 54.6 Å². The highest BCUT2D eigenvalue weighted by atomic mass is 32.1. The fourth-order valence-corrected chi connectivity index (χ4v) is 1.94. The molecule has 0 amide bonds. The smallest absolute Gasteiger partial charge is 0.104 e. The van der Waals surface area contributed by atoms with Crippen molar-refractivity contribution in [3.05, 3.63) is 71.3 Å². The number of nitrogens with zero attached hydrogens (tertiary/aromatic N) is 1. The Hall–Kier alpha value is -1.80. The summed E-state index contributed by atoms with van der Waals surface area (Å²) in [5.74, 6) is 0. The van der Waals surface area contributed by atoms with Gasteiger partial charge in [0, 0.05) is 0 Å². The number of isothiocyanates is 1. The molecule has 0 spiro atoms. The SMILES string of the molecule is OC(c1ccccc1)c1ccccc1CN=C=S. The number of hydrogen-bond donors (Lipinski definition) is 1. The van der Waals surface area contributed by atoms with E-state index in [0.717, 1.165) is 16.7 Å². The van der Waals surface area contributed by atoms with Gasteiger partial charge in [-0.1, -0.05) is 54.6 Å². The first kappa shape index (κ1) is 12.7. The Morgan fingerprint density at radius 3 is 2.44 bits per heavy atom. The molecule has 2 aromatic rings. The Morgan fingerprint density at radius 2 is 1.72 bits per heavy atom. The van der Waals surface area contributed by atoms with Crippen LogP contribution >= 0.6 is 12.2 Å². The van der Waals surface area contributed by atoms with Gasteiger partial charge in [-0.15, -0.1) is 0 Å². The maximum absolute atomic E-state index is 10.4. The van der Waals surface area contributed by atoms with E-state index >= 15 is 0 Å². The minimum Gasteiger partial charge on any atom is -0.384 e. The van der Waals surface area contributed by atoms with E-state index in [2.05, 4.69) is 22.4 Å². The molecule has 0 radical (unpaired) electrons. The summed E-state index contributed by atoms with van der Waals surface area (Å²) >= 11 is 4.57. The monoisotopic (exact) mass is 255 g/mol. The molecular formula is C15H13NOS. The van der Waals surface area contributed by atoms with E-state index in [1.54, 1.807) is 0 Å². The van der Waals surface area contributed by atoms with Crippen LogP contribution in [0.2, 0.25) is 0 Å². The molecule has 0 aromatic heterocycles. The molecule has 3 heteroatoms. The molecule has 1 unspecified atom stereocenters. The van der Waals surface area contributed by atoms with E-state index in [0.29, 0.717) is 6.54 Å². The van der Waals surface area contributed by atoms with Crippen LogP contribution in [-0.4, -0.2) is 10.3 Å². The van der Waals surface area contributed by atoms with Crippen LogP contribution < -0.4 is 0 Å². The van der Waals surface area contributed by atoms with E-state index in [9.17, 15) is 5.11 Å². The molecule has 0 aliphatic heterocycles. The lowest BCUT2D eigenvalue weighted by Crippen LogP contribution is -2.03. The molecular weight excluding hydrogens is 242 g/mol. The minimum absolute atomic E-state index is 0.448. The highest BCUT2D eigenvalue weighted by Gasteiger charge is 2.13. The zero-order valence-electron chi connectivity index (χ0n) is 9.78. The van der Waals surface area contributed by atoms with Crippen molar-refractivity contribution in [1.29, 1.82) is 0 Å². The van der Waals surface area contributed by atoms with Crippen LogP contribution in [0.25, 0.3) is 0 Å². The van der Waals surface area contributed by atoms with Crippen molar-refractivity contribution in [3.8, 4) is 0 Å². The summed E-state index contributed by atoms with van der Waals surface area (Å²) in [5.41, 5.74) is 2.69. The molecule has 2 aromatic carbocycles. The summed E-state index contributed by atoms with van der Waals surface area (Å²) < 4.78 is 0. The first-order valence-electron chi connectivity index (χ1n) is 5.67. The summed E-state index contributed by atoms with van der Waals surface area (Å²) in [6.07, 6.45) is -0.636. The number of aliphatic hydroxyl groups excluding tert-OH is 1. The quantitative estimate of drug-likeness (QED) is 0.671. The lowest BCUT2D eigenvalue weighted by Gasteiger charge is -2.14. The number of aliphatic imine (C=N–C) groups is 1. The van der Waals surface area contributed by atoms with Gasteiger partial charge in [0.15, 0.2) is 0 Å². The molecule has 18 heavy (non-hydrogen) atoms. The topological polar surface area (TPSA) is 32.6 Å². The summed E-state index contributed by atoms with van der Waals surface area (Å²) in [7, 11) is 0. The predicted molar refractivity (Wildman–Crippen MR) is 75.7 cm³/mol. The lowest BCUT2D eigenvalue weighted by atomic mass is 9.97. The van der Waals surface area contributed by atoms with Gasteiger partial charge in [-0.2, -0.15) is 0 Å². The number of benzene rings is 2. The van der Waals surface area contributed by atoms with E-state index in [-0.39, 0.29) is 0 Å². The third kappa shape index (κ3) is 2.90. The Labute approximate surface area is 112 Å². The Kier molecular flexibility index (Phi) is 4.37. The maximum atomic E-state index is 10.4. The second-order valence-corrected chi connectivity index (χ2v) is 4.10. The molecule has 1 atom stereocenters. The number of thiocarbonyl (C=S) groups is 1. The van der Waals surface area contributed by atoms with Gasteiger partial charge >= 0.3 is 0 Å². The van der Waals surface area contributed by atoms with Crippen LogP contribution in [0.1, 0.15) is 22.8 Å².